The zero-order chi connectivity index (χ0) is 20.5. The Balaban J connectivity index is 1.59. The Morgan fingerprint density at radius 3 is 2.57 bits per heavy atom. The molecule has 0 radical (unpaired) electrons. The average Bonchev–Trinajstić information content (AvgIpc) is 3.15. The molecule has 0 atom stereocenters. The Bertz CT molecular complexity index is 876. The largest absolute Gasteiger partial charge is 0.435 e. The lowest BCUT2D eigenvalue weighted by atomic mass is 10.2. The van der Waals surface area contributed by atoms with Gasteiger partial charge in [0.25, 0.3) is 5.91 Å². The van der Waals surface area contributed by atoms with Crippen LogP contribution in [-0.2, 0) is 24.1 Å². The van der Waals surface area contributed by atoms with Crippen LogP contribution in [0.25, 0.3) is 0 Å². The van der Waals surface area contributed by atoms with Gasteiger partial charge < -0.3 is 0 Å². The van der Waals surface area contributed by atoms with Gasteiger partial charge in [0, 0.05) is 17.8 Å². The molecule has 13 heteroatoms. The lowest BCUT2D eigenvalue weighted by Crippen LogP contribution is -2.25. The summed E-state index contributed by atoms with van der Waals surface area (Å²) in [5, 5.41) is 10.6. The van der Waals surface area contributed by atoms with Crippen LogP contribution >= 0.6 is 0 Å². The van der Waals surface area contributed by atoms with Crippen molar-refractivity contribution < 1.29 is 31.1 Å². The summed E-state index contributed by atoms with van der Waals surface area (Å²) in [6.07, 6.45) is -5.46. The minimum absolute atomic E-state index is 0.0579. The molecule has 0 spiro atoms. The molecular formula is C15H14F6N6O. The van der Waals surface area contributed by atoms with E-state index in [0.29, 0.717) is 10.4 Å². The van der Waals surface area contributed by atoms with Crippen LogP contribution in [0, 0.1) is 0 Å². The van der Waals surface area contributed by atoms with E-state index in [4.69, 9.17) is 0 Å². The maximum Gasteiger partial charge on any atom is 0.435 e. The van der Waals surface area contributed by atoms with E-state index in [9.17, 15) is 31.1 Å². The van der Waals surface area contributed by atoms with Gasteiger partial charge in [-0.2, -0.15) is 41.6 Å². The highest BCUT2D eigenvalue weighted by Gasteiger charge is 2.38. The lowest BCUT2D eigenvalue weighted by molar-refractivity contribution is -0.143. The summed E-state index contributed by atoms with van der Waals surface area (Å²) in [6, 6.07) is 2.19. The van der Waals surface area contributed by atoms with E-state index in [0.717, 1.165) is 36.0 Å². The Hall–Kier alpha value is -2.86. The number of halogens is 6. The Kier molecular flexibility index (Phi) is 5.17. The minimum Gasteiger partial charge on any atom is -0.271 e. The standard InChI is InChI=1S/C15H14F6N6O/c16-14(17,18)8-26-4-3-10(24-26)6-22-23-13(28)7-27-11(9-1-2-9)5-12(25-27)15(19,20)21/h3-6,9H,1-2,7-8H2,(H,23,28). The second-order valence-corrected chi connectivity index (χ2v) is 6.23. The van der Waals surface area contributed by atoms with Gasteiger partial charge in [-0.1, -0.05) is 0 Å². The summed E-state index contributed by atoms with van der Waals surface area (Å²) in [7, 11) is 0. The minimum atomic E-state index is -4.61. The number of nitrogens with zero attached hydrogens (tertiary/aromatic N) is 5. The van der Waals surface area contributed by atoms with Gasteiger partial charge in [0.2, 0.25) is 0 Å². The number of carbonyl (C=O) groups excluding carboxylic acids is 1. The van der Waals surface area contributed by atoms with E-state index in [1.165, 1.54) is 6.07 Å². The first kappa shape index (κ1) is 19.9. The van der Waals surface area contributed by atoms with Gasteiger partial charge in [-0.15, -0.1) is 0 Å². The normalized spacial score (nSPS) is 15.4. The number of aromatic nitrogens is 4. The molecule has 0 aromatic carbocycles. The van der Waals surface area contributed by atoms with E-state index in [1.54, 1.807) is 0 Å². The topological polar surface area (TPSA) is 77.1 Å². The average molecular weight is 408 g/mol. The molecule has 2 heterocycles. The highest BCUT2D eigenvalue weighted by Crippen LogP contribution is 2.42. The number of amides is 1. The first-order valence-corrected chi connectivity index (χ1v) is 8.08. The molecule has 0 unspecified atom stereocenters. The summed E-state index contributed by atoms with van der Waals surface area (Å²) in [5.74, 6) is -0.790. The molecule has 0 bridgehead atoms. The summed E-state index contributed by atoms with van der Waals surface area (Å²) in [5.41, 5.74) is 1.42. The zero-order valence-electron chi connectivity index (χ0n) is 14.1. The lowest BCUT2D eigenvalue weighted by Gasteiger charge is -2.05. The number of hydrogen-bond donors (Lipinski definition) is 1. The fourth-order valence-electron chi connectivity index (χ4n) is 2.46. The van der Waals surface area contributed by atoms with Crippen LogP contribution in [0.2, 0.25) is 0 Å². The third-order valence-electron chi connectivity index (χ3n) is 3.78. The zero-order valence-corrected chi connectivity index (χ0v) is 14.1. The number of alkyl halides is 6. The first-order chi connectivity index (χ1) is 13.0. The van der Waals surface area contributed by atoms with E-state index in [2.05, 4.69) is 20.7 Å². The summed E-state index contributed by atoms with van der Waals surface area (Å²) < 4.78 is 76.9. The van der Waals surface area contributed by atoms with Gasteiger partial charge in [0.05, 0.1) is 6.21 Å². The second kappa shape index (κ2) is 7.28. The van der Waals surface area contributed by atoms with Crippen LogP contribution in [0.5, 0.6) is 0 Å². The second-order valence-electron chi connectivity index (χ2n) is 6.23. The smallest absolute Gasteiger partial charge is 0.271 e. The van der Waals surface area contributed by atoms with Gasteiger partial charge in [-0.05, 0) is 25.0 Å². The Labute approximate surface area is 154 Å². The highest BCUT2D eigenvalue weighted by atomic mass is 19.4. The van der Waals surface area contributed by atoms with E-state index in [1.807, 2.05) is 0 Å². The maximum absolute atomic E-state index is 12.8. The number of rotatable bonds is 6. The molecule has 152 valence electrons. The SMILES string of the molecule is O=C(Cn1nc(C(F)(F)F)cc1C1CC1)NN=Cc1ccn(CC(F)(F)F)n1. The molecule has 7 nitrogen and oxygen atoms in total. The first-order valence-electron chi connectivity index (χ1n) is 8.08. The van der Waals surface area contributed by atoms with Gasteiger partial charge in [0.15, 0.2) is 5.69 Å². The monoisotopic (exact) mass is 408 g/mol. The van der Waals surface area contributed by atoms with Crippen molar-refractivity contribution in [2.45, 2.75) is 44.2 Å². The van der Waals surface area contributed by atoms with Crippen LogP contribution < -0.4 is 5.43 Å². The molecular weight excluding hydrogens is 394 g/mol. The molecule has 1 N–H and O–H groups in total. The number of carbonyl (C=O) groups is 1. The molecule has 0 aliphatic heterocycles. The summed E-state index contributed by atoms with van der Waals surface area (Å²) in [4.78, 5) is 11.9. The van der Waals surface area contributed by atoms with Crippen molar-refractivity contribution in [2.24, 2.45) is 5.10 Å². The van der Waals surface area contributed by atoms with Gasteiger partial charge in [-0.25, -0.2) is 5.43 Å². The fourth-order valence-corrected chi connectivity index (χ4v) is 2.46. The van der Waals surface area contributed by atoms with Gasteiger partial charge >= 0.3 is 12.4 Å². The van der Waals surface area contributed by atoms with Crippen molar-refractivity contribution in [3.63, 3.8) is 0 Å². The third kappa shape index (κ3) is 5.33. The van der Waals surface area contributed by atoms with Crippen LogP contribution in [0.3, 0.4) is 0 Å². The molecule has 1 aliphatic rings. The molecule has 1 saturated carbocycles. The van der Waals surface area contributed by atoms with Crippen molar-refractivity contribution in [3.8, 4) is 0 Å². The molecule has 2 aromatic heterocycles. The molecule has 1 fully saturated rings. The predicted octanol–water partition coefficient (Wildman–Crippen LogP) is 2.69. The predicted molar refractivity (Wildman–Crippen MR) is 83.2 cm³/mol. The van der Waals surface area contributed by atoms with Crippen LogP contribution in [0.15, 0.2) is 23.4 Å². The Morgan fingerprint density at radius 2 is 1.96 bits per heavy atom. The van der Waals surface area contributed by atoms with Crippen molar-refractivity contribution in [3.05, 3.63) is 35.4 Å². The quantitative estimate of drug-likeness (QED) is 0.454. The van der Waals surface area contributed by atoms with Crippen molar-refractivity contribution >= 4 is 12.1 Å². The van der Waals surface area contributed by atoms with Crippen molar-refractivity contribution in [1.82, 2.24) is 25.0 Å². The molecule has 3 rings (SSSR count). The molecule has 1 amide bonds. The molecule has 1 aliphatic carbocycles. The van der Waals surface area contributed by atoms with E-state index < -0.39 is 37.0 Å². The fraction of sp³-hybridized carbons (Fsp3) is 0.467. The van der Waals surface area contributed by atoms with Crippen molar-refractivity contribution in [2.75, 3.05) is 0 Å². The molecule has 28 heavy (non-hydrogen) atoms. The van der Waals surface area contributed by atoms with Crippen LogP contribution in [0.1, 0.15) is 35.8 Å². The van der Waals surface area contributed by atoms with Gasteiger partial charge in [-0.3, -0.25) is 14.2 Å². The van der Waals surface area contributed by atoms with Gasteiger partial charge in [0.1, 0.15) is 18.8 Å². The third-order valence-corrected chi connectivity index (χ3v) is 3.78. The highest BCUT2D eigenvalue weighted by molar-refractivity contribution is 5.80. The van der Waals surface area contributed by atoms with E-state index in [-0.39, 0.29) is 11.6 Å². The number of nitrogens with one attached hydrogen (secondary N) is 1. The summed E-state index contributed by atoms with van der Waals surface area (Å²) in [6.45, 7) is -1.74. The van der Waals surface area contributed by atoms with E-state index >= 15 is 0 Å². The molecule has 0 saturated heterocycles. The van der Waals surface area contributed by atoms with Crippen molar-refractivity contribution in [1.29, 1.82) is 0 Å². The number of hydrogen-bond acceptors (Lipinski definition) is 4. The maximum atomic E-state index is 12.8. The van der Waals surface area contributed by atoms with Crippen LogP contribution in [-0.4, -0.2) is 37.9 Å². The van der Waals surface area contributed by atoms with Crippen LogP contribution in [0.4, 0.5) is 26.3 Å². The Morgan fingerprint density at radius 1 is 1.25 bits per heavy atom. The molecule has 2 aromatic rings. The number of hydrazone groups is 1. The summed E-state index contributed by atoms with van der Waals surface area (Å²) >= 11 is 0.